The molecule has 0 radical (unpaired) electrons. The van der Waals surface area contributed by atoms with Crippen LogP contribution in [0.3, 0.4) is 0 Å². The van der Waals surface area contributed by atoms with E-state index in [2.05, 4.69) is 25.6 Å². The second-order valence-corrected chi connectivity index (χ2v) is 8.61. The van der Waals surface area contributed by atoms with E-state index in [-0.39, 0.29) is 16.4 Å². The van der Waals surface area contributed by atoms with Gasteiger partial charge in [0, 0.05) is 16.3 Å². The molecule has 0 saturated heterocycles. The number of hydrogen-bond acceptors (Lipinski definition) is 6. The Kier molecular flexibility index (Phi) is 5.83. The lowest BCUT2D eigenvalue weighted by Crippen LogP contribution is -2.13. The van der Waals surface area contributed by atoms with E-state index in [4.69, 9.17) is 5.73 Å². The van der Waals surface area contributed by atoms with Gasteiger partial charge in [0.15, 0.2) is 0 Å². The molecular formula is C23H18F3N7OS. The first-order valence-electron chi connectivity index (χ1n) is 10.5. The minimum atomic E-state index is -4.55. The monoisotopic (exact) mass is 497 g/mol. The first-order chi connectivity index (χ1) is 16.8. The summed E-state index contributed by atoms with van der Waals surface area (Å²) in [4.78, 5) is 17.2. The van der Waals surface area contributed by atoms with Crippen LogP contribution in [0, 0.1) is 0 Å². The minimum Gasteiger partial charge on any atom is -0.330 e. The number of fused-ring (bicyclic) bond motifs is 1. The van der Waals surface area contributed by atoms with Crippen LogP contribution in [0.4, 0.5) is 18.9 Å². The molecule has 0 spiro atoms. The third-order valence-corrected chi connectivity index (χ3v) is 6.20. The summed E-state index contributed by atoms with van der Waals surface area (Å²) in [6.07, 6.45) is -2.14. The molecule has 0 saturated carbocycles. The zero-order valence-electron chi connectivity index (χ0n) is 18.0. The maximum Gasteiger partial charge on any atom is 0.432 e. The third-order valence-electron chi connectivity index (χ3n) is 5.34. The standard InChI is InChI=1S/C23H18F3N7OS/c24-23(25,26)20-9-18(32-33-20)22-30-19(11-35-22)21(34)29-17-8-16-14(10-28-31-16)7-15(17)13-3-1-2-12(6-13)4-5-27/h1-3,6-11H,4-5,27H2,(H,28,31)(H,29,34)(H,32,33). The van der Waals surface area contributed by atoms with Crippen molar-refractivity contribution in [2.24, 2.45) is 5.73 Å². The van der Waals surface area contributed by atoms with E-state index in [1.165, 1.54) is 5.38 Å². The number of benzene rings is 2. The SMILES string of the molecule is NCCc1cccc(-c2cc3cn[nH]c3cc2NC(=O)c2csc(-c3cc(C(F)(F)F)[nH]n3)n2)c1. The van der Waals surface area contributed by atoms with Gasteiger partial charge in [-0.3, -0.25) is 15.0 Å². The molecule has 5 aromatic rings. The van der Waals surface area contributed by atoms with Crippen molar-refractivity contribution in [1.82, 2.24) is 25.4 Å². The molecule has 0 bridgehead atoms. The van der Waals surface area contributed by atoms with Crippen LogP contribution in [-0.2, 0) is 12.6 Å². The van der Waals surface area contributed by atoms with Gasteiger partial charge in [0.1, 0.15) is 22.1 Å². The van der Waals surface area contributed by atoms with Crippen molar-refractivity contribution in [3.63, 3.8) is 0 Å². The summed E-state index contributed by atoms with van der Waals surface area (Å²) < 4.78 is 38.6. The van der Waals surface area contributed by atoms with Crippen LogP contribution in [0.1, 0.15) is 21.7 Å². The third kappa shape index (κ3) is 4.66. The second kappa shape index (κ2) is 8.96. The van der Waals surface area contributed by atoms with E-state index in [1.807, 2.05) is 35.4 Å². The lowest BCUT2D eigenvalue weighted by atomic mass is 9.98. The fourth-order valence-electron chi connectivity index (χ4n) is 3.65. The number of hydrogen-bond donors (Lipinski definition) is 4. The number of nitrogens with zero attached hydrogens (tertiary/aromatic N) is 3. The highest BCUT2D eigenvalue weighted by Gasteiger charge is 2.33. The zero-order chi connectivity index (χ0) is 24.6. The molecule has 35 heavy (non-hydrogen) atoms. The summed E-state index contributed by atoms with van der Waals surface area (Å²) >= 11 is 1.03. The van der Waals surface area contributed by atoms with Crippen molar-refractivity contribution in [2.75, 3.05) is 11.9 Å². The van der Waals surface area contributed by atoms with Crippen LogP contribution in [0.5, 0.6) is 0 Å². The minimum absolute atomic E-state index is 0.0117. The van der Waals surface area contributed by atoms with Gasteiger partial charge in [0.2, 0.25) is 0 Å². The zero-order valence-corrected chi connectivity index (χ0v) is 18.8. The number of rotatable bonds is 6. The van der Waals surface area contributed by atoms with Gasteiger partial charge in [0.25, 0.3) is 5.91 Å². The number of carbonyl (C=O) groups excluding carboxylic acids is 1. The molecule has 3 aromatic heterocycles. The first-order valence-corrected chi connectivity index (χ1v) is 11.4. The van der Waals surface area contributed by atoms with Crippen LogP contribution in [0.25, 0.3) is 32.7 Å². The highest BCUT2D eigenvalue weighted by atomic mass is 32.1. The molecule has 0 aliphatic heterocycles. The number of aromatic amines is 2. The molecule has 0 fully saturated rings. The normalized spacial score (nSPS) is 11.8. The Balaban J connectivity index is 1.46. The highest BCUT2D eigenvalue weighted by Crippen LogP contribution is 2.34. The molecule has 0 unspecified atom stereocenters. The molecule has 0 aliphatic rings. The predicted molar refractivity (Wildman–Crippen MR) is 127 cm³/mol. The molecule has 5 rings (SSSR count). The Hall–Kier alpha value is -4.03. The topological polar surface area (TPSA) is 125 Å². The number of anilines is 1. The van der Waals surface area contributed by atoms with Crippen molar-refractivity contribution in [1.29, 1.82) is 0 Å². The number of halogens is 3. The fraction of sp³-hybridized carbons (Fsp3) is 0.130. The number of nitrogens with two attached hydrogens (primary N) is 1. The first kappa shape index (κ1) is 22.7. The quantitative estimate of drug-likeness (QED) is 0.267. The molecule has 2 aromatic carbocycles. The van der Waals surface area contributed by atoms with Crippen molar-refractivity contribution in [3.05, 3.63) is 71.0 Å². The number of thiazole rings is 1. The Labute approximate surface area is 200 Å². The second-order valence-electron chi connectivity index (χ2n) is 7.75. The summed E-state index contributed by atoms with van der Waals surface area (Å²) in [5, 5.41) is 18.0. The van der Waals surface area contributed by atoms with E-state index in [9.17, 15) is 18.0 Å². The van der Waals surface area contributed by atoms with Crippen LogP contribution in [0.15, 0.2) is 54.0 Å². The van der Waals surface area contributed by atoms with Gasteiger partial charge in [-0.05, 0) is 42.3 Å². The molecule has 3 heterocycles. The Bertz CT molecular complexity index is 1520. The predicted octanol–water partition coefficient (Wildman–Crippen LogP) is 4.85. The van der Waals surface area contributed by atoms with E-state index >= 15 is 0 Å². The van der Waals surface area contributed by atoms with E-state index in [0.29, 0.717) is 18.7 Å². The summed E-state index contributed by atoms with van der Waals surface area (Å²) in [5.74, 6) is -0.502. The molecule has 0 aliphatic carbocycles. The molecule has 12 heteroatoms. The van der Waals surface area contributed by atoms with Gasteiger partial charge in [-0.2, -0.15) is 23.4 Å². The van der Waals surface area contributed by atoms with Crippen LogP contribution >= 0.6 is 11.3 Å². The van der Waals surface area contributed by atoms with E-state index in [0.717, 1.165) is 45.0 Å². The summed E-state index contributed by atoms with van der Waals surface area (Å²) in [6.45, 7) is 0.514. The summed E-state index contributed by atoms with van der Waals surface area (Å²) in [7, 11) is 0. The lowest BCUT2D eigenvalue weighted by molar-refractivity contribution is -0.141. The number of aromatic nitrogens is 5. The van der Waals surface area contributed by atoms with Gasteiger partial charge >= 0.3 is 6.18 Å². The molecule has 0 atom stereocenters. The van der Waals surface area contributed by atoms with Crippen molar-refractivity contribution >= 4 is 33.8 Å². The lowest BCUT2D eigenvalue weighted by Gasteiger charge is -2.12. The smallest absolute Gasteiger partial charge is 0.330 e. The molecule has 5 N–H and O–H groups in total. The maximum absolute atomic E-state index is 13.0. The van der Waals surface area contributed by atoms with Crippen LogP contribution < -0.4 is 11.1 Å². The number of alkyl halides is 3. The summed E-state index contributed by atoms with van der Waals surface area (Å²) in [6, 6.07) is 12.4. The number of amides is 1. The van der Waals surface area contributed by atoms with Crippen molar-refractivity contribution < 1.29 is 18.0 Å². The molecule has 8 nitrogen and oxygen atoms in total. The number of H-pyrrole nitrogens is 2. The van der Waals surface area contributed by atoms with Crippen LogP contribution in [-0.4, -0.2) is 37.8 Å². The molecule has 178 valence electrons. The fourth-order valence-corrected chi connectivity index (χ4v) is 4.41. The van der Waals surface area contributed by atoms with Gasteiger partial charge < -0.3 is 11.1 Å². The Morgan fingerprint density at radius 1 is 1.14 bits per heavy atom. The van der Waals surface area contributed by atoms with Gasteiger partial charge in [-0.15, -0.1) is 11.3 Å². The van der Waals surface area contributed by atoms with Gasteiger partial charge in [-0.1, -0.05) is 24.3 Å². The molecular weight excluding hydrogens is 479 g/mol. The maximum atomic E-state index is 13.0. The largest absolute Gasteiger partial charge is 0.432 e. The van der Waals surface area contributed by atoms with Gasteiger partial charge in [-0.25, -0.2) is 4.98 Å². The number of nitrogens with one attached hydrogen (secondary N) is 3. The van der Waals surface area contributed by atoms with E-state index < -0.39 is 17.8 Å². The average Bonchev–Trinajstić information content (AvgIpc) is 3.58. The Morgan fingerprint density at radius 3 is 2.77 bits per heavy atom. The van der Waals surface area contributed by atoms with Crippen LogP contribution in [0.2, 0.25) is 0 Å². The Morgan fingerprint density at radius 2 is 2.00 bits per heavy atom. The molecule has 1 amide bonds. The van der Waals surface area contributed by atoms with Crippen molar-refractivity contribution in [3.8, 4) is 21.8 Å². The highest BCUT2D eigenvalue weighted by molar-refractivity contribution is 7.13. The number of carbonyl (C=O) groups is 1. The van der Waals surface area contributed by atoms with E-state index in [1.54, 1.807) is 12.3 Å². The average molecular weight is 498 g/mol. The van der Waals surface area contributed by atoms with Gasteiger partial charge in [0.05, 0.1) is 17.4 Å². The summed E-state index contributed by atoms with van der Waals surface area (Å²) in [5.41, 5.74) is 8.80. The van der Waals surface area contributed by atoms with Crippen molar-refractivity contribution in [2.45, 2.75) is 12.6 Å².